The molecule has 142 valence electrons. The highest BCUT2D eigenvalue weighted by atomic mass is 35.5. The summed E-state index contributed by atoms with van der Waals surface area (Å²) >= 11 is 12.1. The van der Waals surface area contributed by atoms with E-state index in [0.717, 1.165) is 18.9 Å². The van der Waals surface area contributed by atoms with Gasteiger partial charge < -0.3 is 19.9 Å². The smallest absolute Gasteiger partial charge is 0.339 e. The van der Waals surface area contributed by atoms with Gasteiger partial charge in [-0.3, -0.25) is 4.79 Å². The summed E-state index contributed by atoms with van der Waals surface area (Å²) in [6.45, 7) is 3.38. The van der Waals surface area contributed by atoms with Gasteiger partial charge in [0, 0.05) is 42.9 Å². The maximum Gasteiger partial charge on any atom is 0.339 e. The van der Waals surface area contributed by atoms with E-state index in [1.165, 1.54) is 13.3 Å². The van der Waals surface area contributed by atoms with Gasteiger partial charge in [0.15, 0.2) is 0 Å². The summed E-state index contributed by atoms with van der Waals surface area (Å²) in [4.78, 5) is 33.3. The number of fused-ring (bicyclic) bond motifs is 1. The van der Waals surface area contributed by atoms with E-state index in [-0.39, 0.29) is 17.0 Å². The number of nitrogens with one attached hydrogen (secondary N) is 2. The summed E-state index contributed by atoms with van der Waals surface area (Å²) < 4.78 is 4.68. The average molecular weight is 409 g/mol. The van der Waals surface area contributed by atoms with Gasteiger partial charge >= 0.3 is 5.97 Å². The molecule has 1 aliphatic heterocycles. The summed E-state index contributed by atoms with van der Waals surface area (Å²) in [5, 5.41) is 3.67. The molecule has 2 aromatic heterocycles. The number of anilines is 1. The number of amides is 1. The van der Waals surface area contributed by atoms with Gasteiger partial charge in [0.25, 0.3) is 5.91 Å². The van der Waals surface area contributed by atoms with Crippen molar-refractivity contribution in [2.45, 2.75) is 13.0 Å². The van der Waals surface area contributed by atoms with Crippen LogP contribution in [0.15, 0.2) is 18.3 Å². The molecule has 1 amide bonds. The van der Waals surface area contributed by atoms with Gasteiger partial charge in [0.05, 0.1) is 22.7 Å². The zero-order chi connectivity index (χ0) is 19.3. The second-order valence-electron chi connectivity index (χ2n) is 6.88. The number of rotatable bonds is 4. The van der Waals surface area contributed by atoms with E-state index in [1.807, 2.05) is 6.07 Å². The van der Waals surface area contributed by atoms with E-state index in [4.69, 9.17) is 23.2 Å². The van der Waals surface area contributed by atoms with Crippen molar-refractivity contribution >= 4 is 40.9 Å². The van der Waals surface area contributed by atoms with Crippen LogP contribution in [-0.4, -0.2) is 48.1 Å². The standard InChI is InChI=1S/C18H18Cl2N4O3/c1-8-13(19)14(20)16(22-8)17(25)23-15-10-6-24(7-11(10)15)12-4-3-9(5-21-12)18(26)27-2/h3-5,10-11,15,22H,6-7H2,1-2H3,(H,23,25)/t10-,11+,15-. The highest BCUT2D eigenvalue weighted by Gasteiger charge is 2.56. The molecular formula is C18H18Cl2N4O3. The Labute approximate surface area is 166 Å². The molecule has 4 rings (SSSR count). The van der Waals surface area contributed by atoms with Crippen LogP contribution in [0.4, 0.5) is 5.82 Å². The molecule has 9 heteroatoms. The minimum absolute atomic E-state index is 0.126. The quantitative estimate of drug-likeness (QED) is 0.759. The zero-order valence-corrected chi connectivity index (χ0v) is 16.3. The lowest BCUT2D eigenvalue weighted by molar-refractivity contribution is 0.0600. The Bertz CT molecular complexity index is 900. The first kappa shape index (κ1) is 18.1. The lowest BCUT2D eigenvalue weighted by atomic mass is 10.2. The van der Waals surface area contributed by atoms with Crippen LogP contribution in [0, 0.1) is 18.8 Å². The summed E-state index contributed by atoms with van der Waals surface area (Å²) in [6.07, 6.45) is 1.52. The van der Waals surface area contributed by atoms with Crippen molar-refractivity contribution in [3.63, 3.8) is 0 Å². The lowest BCUT2D eigenvalue weighted by Crippen LogP contribution is -2.35. The predicted octanol–water partition coefficient (Wildman–Crippen LogP) is 2.68. The largest absolute Gasteiger partial charge is 0.465 e. The minimum atomic E-state index is -0.403. The summed E-state index contributed by atoms with van der Waals surface area (Å²) in [5.74, 6) is 0.929. The highest BCUT2D eigenvalue weighted by Crippen LogP contribution is 2.46. The fourth-order valence-electron chi connectivity index (χ4n) is 3.69. The maximum atomic E-state index is 12.4. The molecule has 1 aliphatic carbocycles. The molecule has 1 saturated carbocycles. The fraction of sp³-hybridized carbons (Fsp3) is 0.389. The third kappa shape index (κ3) is 3.15. The van der Waals surface area contributed by atoms with Crippen LogP contribution in [-0.2, 0) is 4.74 Å². The number of methoxy groups -OCH3 is 1. The molecule has 1 saturated heterocycles. The molecule has 3 atom stereocenters. The van der Waals surface area contributed by atoms with Gasteiger partial charge in [-0.1, -0.05) is 23.2 Å². The van der Waals surface area contributed by atoms with Crippen molar-refractivity contribution in [1.29, 1.82) is 0 Å². The number of carbonyl (C=O) groups is 2. The van der Waals surface area contributed by atoms with Crippen LogP contribution in [0.25, 0.3) is 0 Å². The molecule has 2 aliphatic rings. The molecular weight excluding hydrogens is 391 g/mol. The van der Waals surface area contributed by atoms with Crippen molar-refractivity contribution in [2.75, 3.05) is 25.1 Å². The first-order valence-corrected chi connectivity index (χ1v) is 9.30. The number of hydrogen-bond donors (Lipinski definition) is 2. The van der Waals surface area contributed by atoms with Gasteiger partial charge in [-0.25, -0.2) is 9.78 Å². The van der Waals surface area contributed by atoms with Gasteiger partial charge in [0.1, 0.15) is 11.5 Å². The monoisotopic (exact) mass is 408 g/mol. The molecule has 7 nitrogen and oxygen atoms in total. The first-order valence-electron chi connectivity index (χ1n) is 8.54. The van der Waals surface area contributed by atoms with E-state index in [0.29, 0.717) is 33.8 Å². The summed E-state index contributed by atoms with van der Waals surface area (Å²) in [7, 11) is 1.34. The number of halogens is 2. The Morgan fingerprint density at radius 1 is 1.26 bits per heavy atom. The second kappa shape index (κ2) is 6.73. The number of nitrogens with zero attached hydrogens (tertiary/aromatic N) is 2. The Kier molecular flexibility index (Phi) is 4.52. The summed E-state index contributed by atoms with van der Waals surface area (Å²) in [6, 6.07) is 3.65. The van der Waals surface area contributed by atoms with E-state index in [9.17, 15) is 9.59 Å². The molecule has 27 heavy (non-hydrogen) atoms. The maximum absolute atomic E-state index is 12.4. The second-order valence-corrected chi connectivity index (χ2v) is 7.64. The minimum Gasteiger partial charge on any atom is -0.465 e. The number of H-pyrrole nitrogens is 1. The van der Waals surface area contributed by atoms with Gasteiger partial charge in [-0.15, -0.1) is 0 Å². The van der Waals surface area contributed by atoms with Gasteiger partial charge in [-0.2, -0.15) is 0 Å². The molecule has 2 N–H and O–H groups in total. The number of aromatic amines is 1. The van der Waals surface area contributed by atoms with Crippen LogP contribution in [0.2, 0.25) is 10.0 Å². The van der Waals surface area contributed by atoms with Crippen molar-refractivity contribution in [3.8, 4) is 0 Å². The number of aromatic nitrogens is 2. The molecule has 0 aromatic carbocycles. The molecule has 0 radical (unpaired) electrons. The van der Waals surface area contributed by atoms with Gasteiger partial charge in [-0.05, 0) is 19.1 Å². The molecule has 0 bridgehead atoms. The first-order chi connectivity index (χ1) is 12.9. The van der Waals surface area contributed by atoms with Gasteiger partial charge in [0.2, 0.25) is 0 Å². The number of aryl methyl sites for hydroxylation is 1. The zero-order valence-electron chi connectivity index (χ0n) is 14.8. The Balaban J connectivity index is 1.35. The summed E-state index contributed by atoms with van der Waals surface area (Å²) in [5.41, 5.74) is 1.41. The van der Waals surface area contributed by atoms with Crippen molar-refractivity contribution in [3.05, 3.63) is 45.3 Å². The number of carbonyl (C=O) groups excluding carboxylic acids is 2. The third-order valence-corrected chi connectivity index (χ3v) is 6.21. The molecule has 3 heterocycles. The topological polar surface area (TPSA) is 87.3 Å². The normalized spacial score (nSPS) is 23.1. The molecule has 2 aromatic rings. The van der Waals surface area contributed by atoms with Crippen molar-refractivity contribution in [2.24, 2.45) is 11.8 Å². The SMILES string of the molecule is COC(=O)c1ccc(N2C[C@@H]3[C@H](C2)[C@@H]3NC(=O)c2[nH]c(C)c(Cl)c2Cl)nc1. The van der Waals surface area contributed by atoms with Crippen LogP contribution in [0.3, 0.4) is 0 Å². The van der Waals surface area contributed by atoms with E-state index >= 15 is 0 Å². The van der Waals surface area contributed by atoms with Crippen LogP contribution in [0.5, 0.6) is 0 Å². The predicted molar refractivity (Wildman–Crippen MR) is 102 cm³/mol. The highest BCUT2D eigenvalue weighted by molar-refractivity contribution is 6.44. The Morgan fingerprint density at radius 2 is 1.96 bits per heavy atom. The number of piperidine rings is 1. The fourth-order valence-corrected chi connectivity index (χ4v) is 4.11. The number of ether oxygens (including phenoxy) is 1. The number of esters is 1. The van der Waals surface area contributed by atoms with E-state index in [2.05, 4.69) is 24.9 Å². The lowest BCUT2D eigenvalue weighted by Gasteiger charge is -2.21. The number of hydrogen-bond acceptors (Lipinski definition) is 5. The van der Waals surface area contributed by atoms with Crippen molar-refractivity contribution in [1.82, 2.24) is 15.3 Å². The Morgan fingerprint density at radius 3 is 2.48 bits per heavy atom. The molecule has 2 fully saturated rings. The van der Waals surface area contributed by atoms with E-state index in [1.54, 1.807) is 13.0 Å². The van der Waals surface area contributed by atoms with Crippen molar-refractivity contribution < 1.29 is 14.3 Å². The molecule has 0 unspecified atom stereocenters. The van der Waals surface area contributed by atoms with Crippen LogP contribution < -0.4 is 10.2 Å². The number of pyridine rings is 1. The van der Waals surface area contributed by atoms with Crippen LogP contribution in [0.1, 0.15) is 26.5 Å². The van der Waals surface area contributed by atoms with Crippen LogP contribution >= 0.6 is 23.2 Å². The molecule has 0 spiro atoms. The average Bonchev–Trinajstić information content (AvgIpc) is 3.01. The third-order valence-electron chi connectivity index (χ3n) is 5.27. The Hall–Kier alpha value is -2.25. The van der Waals surface area contributed by atoms with E-state index < -0.39 is 5.97 Å².